The standard InChI is InChI=1S/C3H5NO.2Na/c1-2-3(4)5;;/h2H,1H2,(H2,4,5);;. The molecule has 0 heterocycles. The average molecular weight is 117 g/mol. The summed E-state index contributed by atoms with van der Waals surface area (Å²) in [7, 11) is 0. The van der Waals surface area contributed by atoms with Gasteiger partial charge in [-0.05, 0) is 6.08 Å². The number of hydrogen-bond donors (Lipinski definition) is 1. The van der Waals surface area contributed by atoms with Crippen LogP contribution in [-0.2, 0) is 4.79 Å². The zero-order valence-corrected chi connectivity index (χ0v) is 8.77. The van der Waals surface area contributed by atoms with Crippen LogP contribution in [0.1, 0.15) is 0 Å². The van der Waals surface area contributed by atoms with Crippen LogP contribution in [0.15, 0.2) is 12.7 Å². The van der Waals surface area contributed by atoms with Gasteiger partial charge in [0.1, 0.15) is 0 Å². The van der Waals surface area contributed by atoms with Crippen LogP contribution < -0.4 is 5.73 Å². The first-order valence-corrected chi connectivity index (χ1v) is 1.19. The van der Waals surface area contributed by atoms with Crippen LogP contribution in [0.3, 0.4) is 0 Å². The van der Waals surface area contributed by atoms with Gasteiger partial charge in [-0.25, -0.2) is 0 Å². The van der Waals surface area contributed by atoms with E-state index in [4.69, 9.17) is 0 Å². The van der Waals surface area contributed by atoms with Crippen molar-refractivity contribution in [3.05, 3.63) is 12.7 Å². The fourth-order valence-electron chi connectivity index (χ4n) is 0. The molecule has 0 aliphatic carbocycles. The molecular formula is C3H5NNa2O. The van der Waals surface area contributed by atoms with E-state index < -0.39 is 5.91 Å². The molecule has 0 aromatic heterocycles. The van der Waals surface area contributed by atoms with Gasteiger partial charge < -0.3 is 5.73 Å². The van der Waals surface area contributed by atoms with E-state index in [9.17, 15) is 4.79 Å². The van der Waals surface area contributed by atoms with E-state index in [1.54, 1.807) is 0 Å². The Morgan fingerprint density at radius 3 is 1.71 bits per heavy atom. The van der Waals surface area contributed by atoms with E-state index in [0.29, 0.717) is 0 Å². The summed E-state index contributed by atoms with van der Waals surface area (Å²) in [6.45, 7) is 3.09. The van der Waals surface area contributed by atoms with Gasteiger partial charge in [0, 0.05) is 59.1 Å². The summed E-state index contributed by atoms with van der Waals surface area (Å²) >= 11 is 0. The van der Waals surface area contributed by atoms with Crippen molar-refractivity contribution in [3.63, 3.8) is 0 Å². The van der Waals surface area contributed by atoms with E-state index in [0.717, 1.165) is 6.08 Å². The van der Waals surface area contributed by atoms with Crippen LogP contribution in [0.2, 0.25) is 0 Å². The van der Waals surface area contributed by atoms with Crippen LogP contribution in [0, 0.1) is 0 Å². The van der Waals surface area contributed by atoms with Gasteiger partial charge in [-0.3, -0.25) is 4.79 Å². The summed E-state index contributed by atoms with van der Waals surface area (Å²) in [5, 5.41) is 0. The number of primary amides is 1. The minimum atomic E-state index is -0.481. The minimum Gasteiger partial charge on any atom is -0.366 e. The number of carbonyl (C=O) groups excluding carboxylic acids is 1. The molecule has 7 heavy (non-hydrogen) atoms. The summed E-state index contributed by atoms with van der Waals surface area (Å²) in [6, 6.07) is 0. The molecule has 0 bridgehead atoms. The van der Waals surface area contributed by atoms with E-state index in [2.05, 4.69) is 12.3 Å². The molecule has 0 spiro atoms. The number of rotatable bonds is 1. The Labute approximate surface area is 87.1 Å². The summed E-state index contributed by atoms with van der Waals surface area (Å²) in [5.41, 5.74) is 4.53. The Balaban J connectivity index is -0.0000000800. The molecule has 0 aliphatic rings. The Kier molecular flexibility index (Phi) is 23.0. The molecule has 0 aromatic rings. The molecule has 2 N–H and O–H groups in total. The molecule has 30 valence electrons. The van der Waals surface area contributed by atoms with E-state index in [-0.39, 0.29) is 59.1 Å². The van der Waals surface area contributed by atoms with Gasteiger partial charge >= 0.3 is 0 Å². The maximum Gasteiger partial charge on any atom is 0.240 e. The van der Waals surface area contributed by atoms with Crippen molar-refractivity contribution in [1.29, 1.82) is 0 Å². The van der Waals surface area contributed by atoms with Crippen molar-refractivity contribution >= 4 is 65.0 Å². The van der Waals surface area contributed by atoms with Crippen molar-refractivity contribution in [2.24, 2.45) is 5.73 Å². The Hall–Kier alpha value is 1.21. The molecule has 4 heteroatoms. The van der Waals surface area contributed by atoms with Gasteiger partial charge in [0.2, 0.25) is 5.91 Å². The van der Waals surface area contributed by atoms with Crippen LogP contribution in [0.25, 0.3) is 0 Å². The molecule has 2 radical (unpaired) electrons. The Morgan fingerprint density at radius 1 is 1.57 bits per heavy atom. The first kappa shape index (κ1) is 15.7. The van der Waals surface area contributed by atoms with Gasteiger partial charge in [-0.15, -0.1) is 0 Å². The predicted octanol–water partition coefficient (Wildman–Crippen LogP) is -1.10. The molecule has 0 aliphatic heterocycles. The van der Waals surface area contributed by atoms with E-state index >= 15 is 0 Å². The third-order valence-electron chi connectivity index (χ3n) is 0.201. The first-order chi connectivity index (χ1) is 2.27. The van der Waals surface area contributed by atoms with Crippen molar-refractivity contribution in [1.82, 2.24) is 0 Å². The van der Waals surface area contributed by atoms with Gasteiger partial charge in [-0.1, -0.05) is 6.58 Å². The third-order valence-corrected chi connectivity index (χ3v) is 0.201. The van der Waals surface area contributed by atoms with Gasteiger partial charge in [0.25, 0.3) is 0 Å². The quantitative estimate of drug-likeness (QED) is 0.343. The molecule has 0 atom stereocenters. The summed E-state index contributed by atoms with van der Waals surface area (Å²) in [5.74, 6) is -0.481. The van der Waals surface area contributed by atoms with Crippen LogP contribution >= 0.6 is 0 Å². The smallest absolute Gasteiger partial charge is 0.240 e. The molecule has 0 saturated heterocycles. The zero-order chi connectivity index (χ0) is 4.28. The molecule has 0 fully saturated rings. The van der Waals surface area contributed by atoms with Gasteiger partial charge in [0.05, 0.1) is 0 Å². The minimum absolute atomic E-state index is 0. The average Bonchev–Trinajstić information content (AvgIpc) is 1.38. The summed E-state index contributed by atoms with van der Waals surface area (Å²) in [6.07, 6.45) is 1.06. The SMILES string of the molecule is C=CC(N)=O.[Na].[Na]. The second kappa shape index (κ2) is 10.2. The molecule has 2 nitrogen and oxygen atoms in total. The van der Waals surface area contributed by atoms with E-state index in [1.807, 2.05) is 0 Å². The number of carbonyl (C=O) groups is 1. The fraction of sp³-hybridized carbons (Fsp3) is 0. The van der Waals surface area contributed by atoms with Gasteiger partial charge in [-0.2, -0.15) is 0 Å². The maximum absolute atomic E-state index is 9.47. The number of hydrogen-bond acceptors (Lipinski definition) is 1. The molecule has 0 aromatic carbocycles. The normalized spacial score (nSPS) is 4.57. The van der Waals surface area contributed by atoms with Gasteiger partial charge in [0.15, 0.2) is 0 Å². The molecule has 0 unspecified atom stereocenters. The Morgan fingerprint density at radius 2 is 1.71 bits per heavy atom. The third kappa shape index (κ3) is 19.0. The Bertz CT molecular complexity index is 64.0. The molecule has 1 amide bonds. The largest absolute Gasteiger partial charge is 0.366 e. The van der Waals surface area contributed by atoms with Crippen molar-refractivity contribution in [3.8, 4) is 0 Å². The summed E-state index contributed by atoms with van der Waals surface area (Å²) in [4.78, 5) is 9.47. The second-order valence-electron chi connectivity index (χ2n) is 0.606. The fourth-order valence-corrected chi connectivity index (χ4v) is 0. The zero-order valence-electron chi connectivity index (χ0n) is 4.77. The second-order valence-corrected chi connectivity index (χ2v) is 0.606. The van der Waals surface area contributed by atoms with Crippen molar-refractivity contribution in [2.75, 3.05) is 0 Å². The topological polar surface area (TPSA) is 43.1 Å². The van der Waals surface area contributed by atoms with Crippen LogP contribution in [0.4, 0.5) is 0 Å². The van der Waals surface area contributed by atoms with E-state index in [1.165, 1.54) is 0 Å². The molecule has 0 rings (SSSR count). The monoisotopic (exact) mass is 117 g/mol. The molecule has 0 saturated carbocycles. The number of amides is 1. The van der Waals surface area contributed by atoms with Crippen molar-refractivity contribution in [2.45, 2.75) is 0 Å². The maximum atomic E-state index is 9.47. The van der Waals surface area contributed by atoms with Crippen molar-refractivity contribution < 1.29 is 4.79 Å². The first-order valence-electron chi connectivity index (χ1n) is 1.19. The van der Waals surface area contributed by atoms with Crippen LogP contribution in [0.5, 0.6) is 0 Å². The molecular weight excluding hydrogens is 112 g/mol. The van der Waals surface area contributed by atoms with Crippen LogP contribution in [-0.4, -0.2) is 65.0 Å². The number of nitrogens with two attached hydrogens (primary N) is 1. The predicted molar refractivity (Wildman–Crippen MR) is 30.9 cm³/mol. The summed E-state index contributed by atoms with van der Waals surface area (Å²) < 4.78 is 0.